The van der Waals surface area contributed by atoms with Crippen molar-refractivity contribution in [3.8, 4) is 0 Å². The van der Waals surface area contributed by atoms with Gasteiger partial charge in [0, 0.05) is 63.6 Å². The quantitative estimate of drug-likeness (QED) is 0.800. The van der Waals surface area contributed by atoms with Gasteiger partial charge in [-0.2, -0.15) is 0 Å². The number of halogens is 1. The van der Waals surface area contributed by atoms with E-state index in [9.17, 15) is 19.1 Å². The van der Waals surface area contributed by atoms with E-state index in [4.69, 9.17) is 0 Å². The molecular formula is C22H29FN4O3. The van der Waals surface area contributed by atoms with Gasteiger partial charge in [-0.3, -0.25) is 14.5 Å². The molecular weight excluding hydrogens is 387 g/mol. The molecule has 1 atom stereocenters. The number of β-amino-alcohol motifs (C(OH)–C–C–N with tert-alkyl or cyclic N) is 1. The molecule has 2 amide bonds. The number of piperazine rings is 1. The fraction of sp³-hybridized carbons (Fsp3) is 0.545. The Morgan fingerprint density at radius 3 is 2.57 bits per heavy atom. The van der Waals surface area contributed by atoms with Gasteiger partial charge in [-0.05, 0) is 43.5 Å². The van der Waals surface area contributed by atoms with Crippen LogP contribution in [-0.4, -0.2) is 88.0 Å². The highest BCUT2D eigenvalue weighted by molar-refractivity contribution is 5.98. The number of likely N-dealkylation sites (tertiary alicyclic amines) is 1. The third-order valence-corrected chi connectivity index (χ3v) is 6.35. The van der Waals surface area contributed by atoms with Gasteiger partial charge in [-0.15, -0.1) is 0 Å². The highest BCUT2D eigenvalue weighted by Gasteiger charge is 2.34. The van der Waals surface area contributed by atoms with Crippen LogP contribution in [0.3, 0.4) is 0 Å². The van der Waals surface area contributed by atoms with E-state index in [1.807, 2.05) is 4.90 Å². The number of aromatic nitrogens is 1. The van der Waals surface area contributed by atoms with Crippen LogP contribution in [0.15, 0.2) is 24.3 Å². The average molecular weight is 416 g/mol. The van der Waals surface area contributed by atoms with Gasteiger partial charge in [0.1, 0.15) is 11.5 Å². The van der Waals surface area contributed by atoms with Crippen molar-refractivity contribution < 1.29 is 19.1 Å². The summed E-state index contributed by atoms with van der Waals surface area (Å²) in [5, 5.41) is 11.9. The molecule has 1 aromatic heterocycles. The fourth-order valence-corrected chi connectivity index (χ4v) is 4.57. The smallest absolute Gasteiger partial charge is 0.270 e. The minimum Gasteiger partial charge on any atom is -0.388 e. The van der Waals surface area contributed by atoms with Crippen molar-refractivity contribution in [1.82, 2.24) is 19.7 Å². The number of aromatic amines is 1. The topological polar surface area (TPSA) is 79.9 Å². The molecule has 0 radical (unpaired) electrons. The van der Waals surface area contributed by atoms with Crippen molar-refractivity contribution in [3.63, 3.8) is 0 Å². The molecule has 162 valence electrons. The van der Waals surface area contributed by atoms with Gasteiger partial charge in [0.2, 0.25) is 5.91 Å². The molecule has 7 nitrogen and oxygen atoms in total. The van der Waals surface area contributed by atoms with Gasteiger partial charge >= 0.3 is 0 Å². The van der Waals surface area contributed by atoms with E-state index >= 15 is 0 Å². The number of hydrogen-bond acceptors (Lipinski definition) is 4. The van der Waals surface area contributed by atoms with Crippen LogP contribution in [0.2, 0.25) is 0 Å². The lowest BCUT2D eigenvalue weighted by Crippen LogP contribution is -2.53. The van der Waals surface area contributed by atoms with E-state index < -0.39 is 5.60 Å². The number of carbonyl (C=O) groups is 2. The van der Waals surface area contributed by atoms with Gasteiger partial charge in [-0.1, -0.05) is 0 Å². The molecule has 2 N–H and O–H groups in total. The number of rotatable bonds is 3. The molecule has 2 fully saturated rings. The van der Waals surface area contributed by atoms with Crippen molar-refractivity contribution in [2.45, 2.75) is 31.8 Å². The van der Waals surface area contributed by atoms with Crippen molar-refractivity contribution in [3.05, 3.63) is 35.8 Å². The summed E-state index contributed by atoms with van der Waals surface area (Å²) in [7, 11) is 0. The first-order chi connectivity index (χ1) is 14.3. The number of benzene rings is 1. The lowest BCUT2D eigenvalue weighted by molar-refractivity contribution is -0.131. The molecule has 1 aromatic carbocycles. The zero-order valence-electron chi connectivity index (χ0n) is 17.4. The minimum atomic E-state index is -0.836. The van der Waals surface area contributed by atoms with Gasteiger partial charge in [0.05, 0.1) is 5.60 Å². The van der Waals surface area contributed by atoms with Gasteiger partial charge < -0.3 is 19.9 Å². The summed E-state index contributed by atoms with van der Waals surface area (Å²) in [6.07, 6.45) is 1.88. The number of amides is 2. The SMILES string of the molecule is CC(=O)N1CCN(C[C@]2(O)CCCN(C(=O)c3cc4cc(F)ccc4[nH]3)CC2)CC1. The van der Waals surface area contributed by atoms with Crippen LogP contribution in [0.1, 0.15) is 36.7 Å². The van der Waals surface area contributed by atoms with Crippen LogP contribution in [-0.2, 0) is 4.79 Å². The molecule has 3 heterocycles. The summed E-state index contributed by atoms with van der Waals surface area (Å²) < 4.78 is 13.4. The third kappa shape index (κ3) is 4.49. The first-order valence-electron chi connectivity index (χ1n) is 10.6. The molecule has 4 rings (SSSR count). The van der Waals surface area contributed by atoms with E-state index in [0.717, 1.165) is 25.0 Å². The second-order valence-electron chi connectivity index (χ2n) is 8.57. The van der Waals surface area contributed by atoms with Gasteiger partial charge in [0.15, 0.2) is 0 Å². The Bertz CT molecular complexity index is 938. The Kier molecular flexibility index (Phi) is 5.79. The summed E-state index contributed by atoms with van der Waals surface area (Å²) in [5.74, 6) is -0.355. The fourth-order valence-electron chi connectivity index (χ4n) is 4.57. The lowest BCUT2D eigenvalue weighted by atomic mass is 9.94. The van der Waals surface area contributed by atoms with Crippen LogP contribution in [0.5, 0.6) is 0 Å². The molecule has 0 saturated carbocycles. The Hall–Kier alpha value is -2.45. The number of nitrogens with one attached hydrogen (secondary N) is 1. The van der Waals surface area contributed by atoms with Crippen LogP contribution >= 0.6 is 0 Å². The zero-order chi connectivity index (χ0) is 21.3. The molecule has 2 saturated heterocycles. The number of hydrogen-bond donors (Lipinski definition) is 2. The molecule has 30 heavy (non-hydrogen) atoms. The first-order valence-corrected chi connectivity index (χ1v) is 10.6. The molecule has 2 aliphatic heterocycles. The molecule has 0 aliphatic carbocycles. The van der Waals surface area contributed by atoms with Crippen LogP contribution < -0.4 is 0 Å². The van der Waals surface area contributed by atoms with E-state index in [0.29, 0.717) is 56.6 Å². The third-order valence-electron chi connectivity index (χ3n) is 6.35. The van der Waals surface area contributed by atoms with E-state index in [-0.39, 0.29) is 17.6 Å². The monoisotopic (exact) mass is 416 g/mol. The molecule has 0 unspecified atom stereocenters. The summed E-state index contributed by atoms with van der Waals surface area (Å²) in [6.45, 7) is 6.12. The largest absolute Gasteiger partial charge is 0.388 e. The second-order valence-corrected chi connectivity index (χ2v) is 8.57. The van der Waals surface area contributed by atoms with Crippen LogP contribution in [0.4, 0.5) is 4.39 Å². The van der Waals surface area contributed by atoms with E-state index in [1.54, 1.807) is 24.0 Å². The van der Waals surface area contributed by atoms with E-state index in [2.05, 4.69) is 9.88 Å². The standard InChI is InChI=1S/C22H29FN4O3/c1-16(28)26-11-9-25(10-12-26)15-22(30)5-2-7-27(8-6-22)21(29)20-14-17-13-18(23)3-4-19(17)24-20/h3-4,13-14,24,30H,2,5-12,15H2,1H3/t22-/m0/s1. The zero-order valence-corrected chi connectivity index (χ0v) is 17.4. The predicted molar refractivity (Wildman–Crippen MR) is 112 cm³/mol. The maximum atomic E-state index is 13.4. The Morgan fingerprint density at radius 2 is 1.83 bits per heavy atom. The number of fused-ring (bicyclic) bond motifs is 1. The Labute approximate surface area is 175 Å². The normalized spacial score (nSPS) is 23.6. The summed E-state index contributed by atoms with van der Waals surface area (Å²) in [5.41, 5.74) is 0.342. The molecule has 0 bridgehead atoms. The van der Waals surface area contributed by atoms with Crippen LogP contribution in [0.25, 0.3) is 10.9 Å². The molecule has 0 spiro atoms. The molecule has 2 aliphatic rings. The maximum absolute atomic E-state index is 13.4. The molecule has 8 heteroatoms. The number of H-pyrrole nitrogens is 1. The average Bonchev–Trinajstić information content (AvgIpc) is 3.03. The minimum absolute atomic E-state index is 0.0942. The van der Waals surface area contributed by atoms with Crippen molar-refractivity contribution in [2.75, 3.05) is 45.8 Å². The maximum Gasteiger partial charge on any atom is 0.270 e. The number of nitrogens with zero attached hydrogens (tertiary/aromatic N) is 3. The highest BCUT2D eigenvalue weighted by atomic mass is 19.1. The van der Waals surface area contributed by atoms with Crippen molar-refractivity contribution >= 4 is 22.7 Å². The van der Waals surface area contributed by atoms with Crippen molar-refractivity contribution in [2.24, 2.45) is 0 Å². The highest BCUT2D eigenvalue weighted by Crippen LogP contribution is 2.26. The Morgan fingerprint density at radius 1 is 1.07 bits per heavy atom. The predicted octanol–water partition coefficient (Wildman–Crippen LogP) is 1.83. The van der Waals surface area contributed by atoms with E-state index in [1.165, 1.54) is 12.1 Å². The van der Waals surface area contributed by atoms with Crippen LogP contribution in [0, 0.1) is 5.82 Å². The van der Waals surface area contributed by atoms with Crippen molar-refractivity contribution in [1.29, 1.82) is 0 Å². The first kappa shape index (κ1) is 20.8. The van der Waals surface area contributed by atoms with Gasteiger partial charge in [0.25, 0.3) is 5.91 Å². The summed E-state index contributed by atoms with van der Waals surface area (Å²) in [4.78, 5) is 33.4. The summed E-state index contributed by atoms with van der Waals surface area (Å²) >= 11 is 0. The van der Waals surface area contributed by atoms with Gasteiger partial charge in [-0.25, -0.2) is 4.39 Å². The summed E-state index contributed by atoms with van der Waals surface area (Å²) in [6, 6.07) is 6.10. The lowest BCUT2D eigenvalue weighted by Gasteiger charge is -2.39. The molecule has 2 aromatic rings. The number of aliphatic hydroxyl groups is 1. The second kappa shape index (κ2) is 8.35. The Balaban J connectivity index is 1.37. The number of carbonyl (C=O) groups excluding carboxylic acids is 2.